The van der Waals surface area contributed by atoms with Gasteiger partial charge < -0.3 is 9.64 Å². The molecule has 2 aliphatic heterocycles. The number of carbonyl (C=O) groups is 1. The Morgan fingerprint density at radius 2 is 2.27 bits per heavy atom. The van der Waals surface area contributed by atoms with Gasteiger partial charge in [0.25, 0.3) is 5.91 Å². The van der Waals surface area contributed by atoms with Gasteiger partial charge in [-0.3, -0.25) is 4.79 Å². The number of aryl methyl sites for hydroxylation is 2. The van der Waals surface area contributed by atoms with Crippen molar-refractivity contribution in [2.75, 3.05) is 19.7 Å². The number of rotatable bonds is 1. The standard InChI is InChI=1S/C17H18N2O2S/c1-11-3-4-15-13(7-11)17(10-21-15)5-6-19(9-17)16(20)14-8-22-12(2)18-14/h3-4,7-8H,5-6,9-10H2,1-2H3. The molecule has 22 heavy (non-hydrogen) atoms. The van der Waals surface area contributed by atoms with Gasteiger partial charge in [0, 0.05) is 24.0 Å². The maximum atomic E-state index is 12.6. The van der Waals surface area contributed by atoms with E-state index in [1.807, 2.05) is 23.3 Å². The molecule has 1 unspecified atom stereocenters. The molecule has 1 atom stereocenters. The van der Waals surface area contributed by atoms with E-state index in [1.165, 1.54) is 22.5 Å². The smallest absolute Gasteiger partial charge is 0.273 e. The lowest BCUT2D eigenvalue weighted by molar-refractivity contribution is 0.0775. The number of aromatic nitrogens is 1. The third kappa shape index (κ3) is 2.03. The average Bonchev–Trinajstić information content (AvgIpc) is 3.20. The van der Waals surface area contributed by atoms with Crippen LogP contribution in [-0.4, -0.2) is 35.5 Å². The molecule has 3 heterocycles. The summed E-state index contributed by atoms with van der Waals surface area (Å²) in [7, 11) is 0. The van der Waals surface area contributed by atoms with Crippen LogP contribution in [0.5, 0.6) is 5.75 Å². The van der Waals surface area contributed by atoms with Crippen LogP contribution in [0.2, 0.25) is 0 Å². The molecule has 1 aromatic heterocycles. The second kappa shape index (κ2) is 4.81. The molecule has 2 aliphatic rings. The number of amides is 1. The summed E-state index contributed by atoms with van der Waals surface area (Å²) in [5.74, 6) is 1.02. The van der Waals surface area contributed by atoms with E-state index in [0.29, 0.717) is 12.3 Å². The molecule has 0 radical (unpaired) electrons. The van der Waals surface area contributed by atoms with Crippen LogP contribution in [0.4, 0.5) is 0 Å². The van der Waals surface area contributed by atoms with Gasteiger partial charge in [-0.25, -0.2) is 4.98 Å². The highest BCUT2D eigenvalue weighted by molar-refractivity contribution is 7.09. The first-order valence-corrected chi connectivity index (χ1v) is 8.41. The minimum Gasteiger partial charge on any atom is -0.492 e. The molecular formula is C17H18N2O2S. The van der Waals surface area contributed by atoms with Crippen molar-refractivity contribution in [2.45, 2.75) is 25.7 Å². The summed E-state index contributed by atoms with van der Waals surface area (Å²) < 4.78 is 5.88. The van der Waals surface area contributed by atoms with Gasteiger partial charge in [-0.2, -0.15) is 0 Å². The molecule has 1 saturated heterocycles. The highest BCUT2D eigenvalue weighted by Crippen LogP contribution is 2.45. The predicted molar refractivity (Wildman–Crippen MR) is 85.7 cm³/mol. The summed E-state index contributed by atoms with van der Waals surface area (Å²) >= 11 is 1.52. The Kier molecular flexibility index (Phi) is 3.01. The van der Waals surface area contributed by atoms with E-state index in [4.69, 9.17) is 4.74 Å². The molecule has 114 valence electrons. The maximum Gasteiger partial charge on any atom is 0.273 e. The van der Waals surface area contributed by atoms with Gasteiger partial charge in [-0.15, -0.1) is 11.3 Å². The number of benzene rings is 1. The minimum absolute atomic E-state index is 0.0396. The molecule has 0 aliphatic carbocycles. The number of hydrogen-bond acceptors (Lipinski definition) is 4. The lowest BCUT2D eigenvalue weighted by Crippen LogP contribution is -2.35. The monoisotopic (exact) mass is 314 g/mol. The molecule has 4 rings (SSSR count). The van der Waals surface area contributed by atoms with E-state index in [2.05, 4.69) is 24.0 Å². The Hall–Kier alpha value is -1.88. The number of ether oxygens (including phenoxy) is 1. The van der Waals surface area contributed by atoms with Crippen LogP contribution in [0.25, 0.3) is 0 Å². The second-order valence-corrected chi connectivity index (χ2v) is 7.36. The first kappa shape index (κ1) is 13.8. The van der Waals surface area contributed by atoms with Crippen LogP contribution in [-0.2, 0) is 5.41 Å². The highest BCUT2D eigenvalue weighted by atomic mass is 32.1. The molecule has 0 bridgehead atoms. The molecule has 1 amide bonds. The number of likely N-dealkylation sites (tertiary alicyclic amines) is 1. The van der Waals surface area contributed by atoms with Crippen molar-refractivity contribution in [3.8, 4) is 5.75 Å². The number of thiazole rings is 1. The molecule has 0 N–H and O–H groups in total. The second-order valence-electron chi connectivity index (χ2n) is 6.30. The van der Waals surface area contributed by atoms with E-state index in [9.17, 15) is 4.79 Å². The highest BCUT2D eigenvalue weighted by Gasteiger charge is 2.47. The third-order valence-corrected chi connectivity index (χ3v) is 5.46. The van der Waals surface area contributed by atoms with E-state index in [-0.39, 0.29) is 11.3 Å². The van der Waals surface area contributed by atoms with Gasteiger partial charge in [0.15, 0.2) is 0 Å². The lowest BCUT2D eigenvalue weighted by atomic mass is 9.81. The van der Waals surface area contributed by atoms with Gasteiger partial charge in [-0.05, 0) is 26.3 Å². The van der Waals surface area contributed by atoms with Crippen molar-refractivity contribution in [1.82, 2.24) is 9.88 Å². The topological polar surface area (TPSA) is 42.4 Å². The number of fused-ring (bicyclic) bond motifs is 2. The van der Waals surface area contributed by atoms with Crippen LogP contribution in [0.3, 0.4) is 0 Å². The fourth-order valence-corrected chi connectivity index (χ4v) is 4.07. The first-order valence-electron chi connectivity index (χ1n) is 7.53. The Morgan fingerprint density at radius 1 is 1.41 bits per heavy atom. The van der Waals surface area contributed by atoms with Crippen molar-refractivity contribution in [1.29, 1.82) is 0 Å². The van der Waals surface area contributed by atoms with Crippen molar-refractivity contribution >= 4 is 17.2 Å². The van der Waals surface area contributed by atoms with Crippen LogP contribution < -0.4 is 4.74 Å². The largest absolute Gasteiger partial charge is 0.492 e. The lowest BCUT2D eigenvalue weighted by Gasteiger charge is -2.22. The van der Waals surface area contributed by atoms with Gasteiger partial charge >= 0.3 is 0 Å². The average molecular weight is 314 g/mol. The first-order chi connectivity index (χ1) is 10.6. The summed E-state index contributed by atoms with van der Waals surface area (Å²) in [6.07, 6.45) is 0.957. The van der Waals surface area contributed by atoms with Gasteiger partial charge in [0.05, 0.1) is 17.0 Å². The fourth-order valence-electron chi connectivity index (χ4n) is 3.48. The van der Waals surface area contributed by atoms with Crippen molar-refractivity contribution in [3.63, 3.8) is 0 Å². The third-order valence-electron chi connectivity index (χ3n) is 4.69. The Labute approximate surface area is 133 Å². The number of nitrogens with zero attached hydrogens (tertiary/aromatic N) is 2. The van der Waals surface area contributed by atoms with E-state index in [0.717, 1.165) is 30.3 Å². The van der Waals surface area contributed by atoms with Crippen LogP contribution in [0, 0.1) is 13.8 Å². The zero-order chi connectivity index (χ0) is 15.3. The number of carbonyl (C=O) groups excluding carboxylic acids is 1. The summed E-state index contributed by atoms with van der Waals surface area (Å²) in [6, 6.07) is 6.34. The molecule has 2 aromatic rings. The van der Waals surface area contributed by atoms with E-state index in [1.54, 1.807) is 0 Å². The molecule has 1 fully saturated rings. The molecule has 4 nitrogen and oxygen atoms in total. The van der Waals surface area contributed by atoms with Crippen molar-refractivity contribution < 1.29 is 9.53 Å². The molecule has 5 heteroatoms. The van der Waals surface area contributed by atoms with E-state index >= 15 is 0 Å². The molecule has 1 spiro atoms. The summed E-state index contributed by atoms with van der Waals surface area (Å²) in [5.41, 5.74) is 3.03. The van der Waals surface area contributed by atoms with Crippen LogP contribution in [0.1, 0.15) is 33.0 Å². The summed E-state index contributed by atoms with van der Waals surface area (Å²) in [5, 5.41) is 2.79. The van der Waals surface area contributed by atoms with Gasteiger partial charge in [-0.1, -0.05) is 17.7 Å². The van der Waals surface area contributed by atoms with Crippen molar-refractivity contribution in [3.05, 3.63) is 45.4 Å². The Morgan fingerprint density at radius 3 is 3.05 bits per heavy atom. The van der Waals surface area contributed by atoms with Gasteiger partial charge in [0.1, 0.15) is 11.4 Å². The Bertz CT molecular complexity index is 755. The normalized spacial score (nSPS) is 22.9. The van der Waals surface area contributed by atoms with Crippen LogP contribution >= 0.6 is 11.3 Å². The quantitative estimate of drug-likeness (QED) is 0.813. The van der Waals surface area contributed by atoms with Crippen molar-refractivity contribution in [2.24, 2.45) is 0 Å². The SMILES string of the molecule is Cc1ccc2c(c1)C1(CCN(C(=O)c3csc(C)n3)C1)CO2. The minimum atomic E-state index is -0.0396. The zero-order valence-corrected chi connectivity index (χ0v) is 13.6. The molecular weight excluding hydrogens is 296 g/mol. The molecule has 0 saturated carbocycles. The van der Waals surface area contributed by atoms with Gasteiger partial charge in [0.2, 0.25) is 0 Å². The van der Waals surface area contributed by atoms with Crippen LogP contribution in [0.15, 0.2) is 23.6 Å². The zero-order valence-electron chi connectivity index (χ0n) is 12.8. The molecule has 1 aromatic carbocycles. The maximum absolute atomic E-state index is 12.6. The Balaban J connectivity index is 1.61. The summed E-state index contributed by atoms with van der Waals surface area (Å²) in [4.78, 5) is 18.9. The van der Waals surface area contributed by atoms with E-state index < -0.39 is 0 Å². The summed E-state index contributed by atoms with van der Waals surface area (Å²) in [6.45, 7) is 6.19. The fraction of sp³-hybridized carbons (Fsp3) is 0.412. The predicted octanol–water partition coefficient (Wildman–Crippen LogP) is 2.94. The number of hydrogen-bond donors (Lipinski definition) is 0.